The zero-order valence-corrected chi connectivity index (χ0v) is 9.09. The summed E-state index contributed by atoms with van der Waals surface area (Å²) in [4.78, 5) is 14.4. The van der Waals surface area contributed by atoms with Gasteiger partial charge in [-0.15, -0.1) is 0 Å². The molecule has 0 aromatic heterocycles. The van der Waals surface area contributed by atoms with Gasteiger partial charge in [0.05, 0.1) is 7.11 Å². The topological polar surface area (TPSA) is 30.7 Å². The van der Waals surface area contributed by atoms with E-state index in [9.17, 15) is 4.79 Å². The number of hydrogen-bond acceptors (Lipinski definition) is 2. The molecular weight excluding hydrogens is 202 g/mol. The fraction of sp³-hybridized carbons (Fsp3) is 0.231. The summed E-state index contributed by atoms with van der Waals surface area (Å²) in [7, 11) is 1.33. The third-order valence-corrected chi connectivity index (χ3v) is 2.15. The summed E-state index contributed by atoms with van der Waals surface area (Å²) >= 11 is 0. The van der Waals surface area contributed by atoms with Gasteiger partial charge in [0, 0.05) is 18.1 Å². The number of nitrogens with zero attached hydrogens (tertiary/aromatic N) is 1. The number of ether oxygens (including phenoxy) is 1. The maximum atomic E-state index is 10.8. The highest BCUT2D eigenvalue weighted by Crippen LogP contribution is 2.21. The molecule has 0 N–H and O–H groups in total. The van der Waals surface area contributed by atoms with Gasteiger partial charge in [0.25, 0.3) is 6.04 Å². The molecule has 3 nitrogen and oxygen atoms in total. The first-order chi connectivity index (χ1) is 7.77. The van der Waals surface area contributed by atoms with Gasteiger partial charge in [-0.25, -0.2) is 11.4 Å². The lowest BCUT2D eigenvalue weighted by atomic mass is 10.0. The number of carbonyl (C=O) groups excluding carboxylic acids is 1. The molecule has 16 heavy (non-hydrogen) atoms. The van der Waals surface area contributed by atoms with Crippen LogP contribution in [-0.4, -0.2) is 13.1 Å². The maximum absolute atomic E-state index is 10.8. The normalized spacial score (nSPS) is 12.0. The van der Waals surface area contributed by atoms with E-state index in [0.717, 1.165) is 5.56 Å². The Morgan fingerprint density at radius 1 is 1.50 bits per heavy atom. The molecule has 1 aromatic rings. The van der Waals surface area contributed by atoms with Gasteiger partial charge in [0.1, 0.15) is 0 Å². The second kappa shape index (κ2) is 6.41. The second-order valence-electron chi connectivity index (χ2n) is 3.22. The van der Waals surface area contributed by atoms with Crippen LogP contribution in [0.2, 0.25) is 0 Å². The predicted octanol–water partition coefficient (Wildman–Crippen LogP) is 2.77. The SMILES string of the molecule is [C-]#[N+]C(C/C=C/C(=O)OC)c1ccccc1. The van der Waals surface area contributed by atoms with Crippen LogP contribution < -0.4 is 0 Å². The average molecular weight is 215 g/mol. The van der Waals surface area contributed by atoms with Crippen LogP contribution >= 0.6 is 0 Å². The molecule has 1 rings (SSSR count). The fourth-order valence-corrected chi connectivity index (χ4v) is 1.30. The molecule has 0 radical (unpaired) electrons. The molecule has 82 valence electrons. The van der Waals surface area contributed by atoms with Crippen LogP contribution in [0.5, 0.6) is 0 Å². The zero-order valence-electron chi connectivity index (χ0n) is 9.09. The third-order valence-electron chi connectivity index (χ3n) is 2.15. The Morgan fingerprint density at radius 2 is 2.19 bits per heavy atom. The second-order valence-corrected chi connectivity index (χ2v) is 3.22. The van der Waals surface area contributed by atoms with Gasteiger partial charge in [0.2, 0.25) is 0 Å². The molecule has 0 heterocycles. The van der Waals surface area contributed by atoms with Crippen LogP contribution in [0.25, 0.3) is 4.85 Å². The lowest BCUT2D eigenvalue weighted by Gasteiger charge is -2.01. The highest BCUT2D eigenvalue weighted by atomic mass is 16.5. The number of hydrogen-bond donors (Lipinski definition) is 0. The molecule has 1 atom stereocenters. The van der Waals surface area contributed by atoms with Gasteiger partial charge in [0.15, 0.2) is 0 Å². The first kappa shape index (κ1) is 12.0. The molecule has 0 bridgehead atoms. The maximum Gasteiger partial charge on any atom is 0.330 e. The first-order valence-corrected chi connectivity index (χ1v) is 4.94. The lowest BCUT2D eigenvalue weighted by molar-refractivity contribution is -0.134. The molecule has 0 aliphatic heterocycles. The van der Waals surface area contributed by atoms with E-state index in [2.05, 4.69) is 9.58 Å². The molecule has 0 saturated heterocycles. The summed E-state index contributed by atoms with van der Waals surface area (Å²) in [6.07, 6.45) is 3.53. The van der Waals surface area contributed by atoms with E-state index in [1.807, 2.05) is 30.3 Å². The van der Waals surface area contributed by atoms with Crippen LogP contribution in [0, 0.1) is 6.57 Å². The van der Waals surface area contributed by atoms with Gasteiger partial charge in [-0.3, -0.25) is 0 Å². The minimum Gasteiger partial charge on any atom is -0.466 e. The minimum atomic E-state index is -0.392. The molecule has 0 amide bonds. The monoisotopic (exact) mass is 215 g/mol. The van der Waals surface area contributed by atoms with Gasteiger partial charge in [-0.2, -0.15) is 0 Å². The van der Waals surface area contributed by atoms with E-state index in [-0.39, 0.29) is 6.04 Å². The number of rotatable bonds is 4. The van der Waals surface area contributed by atoms with Crippen molar-refractivity contribution in [3.63, 3.8) is 0 Å². The number of carbonyl (C=O) groups is 1. The molecule has 1 aromatic carbocycles. The molecular formula is C13H13NO2. The van der Waals surface area contributed by atoms with E-state index < -0.39 is 5.97 Å². The van der Waals surface area contributed by atoms with Gasteiger partial charge >= 0.3 is 5.97 Å². The summed E-state index contributed by atoms with van der Waals surface area (Å²) in [5.41, 5.74) is 0.965. The van der Waals surface area contributed by atoms with E-state index in [0.29, 0.717) is 6.42 Å². The van der Waals surface area contributed by atoms with Crippen molar-refractivity contribution in [3.05, 3.63) is 59.5 Å². The molecule has 0 spiro atoms. The molecule has 1 unspecified atom stereocenters. The van der Waals surface area contributed by atoms with Gasteiger partial charge in [-0.1, -0.05) is 36.4 Å². The average Bonchev–Trinajstić information content (AvgIpc) is 2.35. The van der Waals surface area contributed by atoms with Crippen LogP contribution in [0.15, 0.2) is 42.5 Å². The Bertz CT molecular complexity index is 404. The van der Waals surface area contributed by atoms with Crippen molar-refractivity contribution in [2.45, 2.75) is 12.5 Å². The Balaban J connectivity index is 2.61. The molecule has 0 saturated carbocycles. The van der Waals surface area contributed by atoms with Crippen LogP contribution in [0.3, 0.4) is 0 Å². The fourth-order valence-electron chi connectivity index (χ4n) is 1.30. The van der Waals surface area contributed by atoms with Crippen molar-refractivity contribution in [1.29, 1.82) is 0 Å². The highest BCUT2D eigenvalue weighted by molar-refractivity contribution is 5.81. The first-order valence-electron chi connectivity index (χ1n) is 4.94. The van der Waals surface area contributed by atoms with E-state index in [1.165, 1.54) is 13.2 Å². The highest BCUT2D eigenvalue weighted by Gasteiger charge is 2.12. The van der Waals surface area contributed by atoms with E-state index in [4.69, 9.17) is 6.57 Å². The van der Waals surface area contributed by atoms with E-state index in [1.54, 1.807) is 6.08 Å². The largest absolute Gasteiger partial charge is 0.466 e. The lowest BCUT2D eigenvalue weighted by Crippen LogP contribution is -1.95. The Morgan fingerprint density at radius 3 is 2.75 bits per heavy atom. The zero-order chi connectivity index (χ0) is 11.8. The Kier molecular flexibility index (Phi) is 4.81. The van der Waals surface area contributed by atoms with Crippen molar-refractivity contribution in [3.8, 4) is 0 Å². The predicted molar refractivity (Wildman–Crippen MR) is 61.6 cm³/mol. The summed E-state index contributed by atoms with van der Waals surface area (Å²) in [6, 6.07) is 9.30. The number of esters is 1. The summed E-state index contributed by atoms with van der Waals surface area (Å²) in [5, 5.41) is 0. The quantitative estimate of drug-likeness (QED) is 0.439. The standard InChI is InChI=1S/C13H13NO2/c1-14-12(9-6-10-13(15)16-2)11-7-4-3-5-8-11/h3-8,10,12H,9H2,2H3/b10-6+. The molecule has 0 fully saturated rings. The van der Waals surface area contributed by atoms with Crippen molar-refractivity contribution in [1.82, 2.24) is 0 Å². The number of methoxy groups -OCH3 is 1. The van der Waals surface area contributed by atoms with Crippen molar-refractivity contribution in [2.75, 3.05) is 7.11 Å². The van der Waals surface area contributed by atoms with Crippen molar-refractivity contribution < 1.29 is 9.53 Å². The summed E-state index contributed by atoms with van der Waals surface area (Å²) in [5.74, 6) is -0.392. The van der Waals surface area contributed by atoms with Crippen molar-refractivity contribution >= 4 is 5.97 Å². The summed E-state index contributed by atoms with van der Waals surface area (Å²) in [6.45, 7) is 7.10. The van der Waals surface area contributed by atoms with Crippen LogP contribution in [0.1, 0.15) is 18.0 Å². The van der Waals surface area contributed by atoms with Crippen LogP contribution in [0.4, 0.5) is 0 Å². The molecule has 3 heteroatoms. The molecule has 0 aliphatic rings. The van der Waals surface area contributed by atoms with Gasteiger partial charge < -0.3 is 9.58 Å². The Hall–Kier alpha value is -2.08. The van der Waals surface area contributed by atoms with E-state index >= 15 is 0 Å². The minimum absolute atomic E-state index is 0.234. The summed E-state index contributed by atoms with van der Waals surface area (Å²) < 4.78 is 4.47. The van der Waals surface area contributed by atoms with Crippen LogP contribution in [-0.2, 0) is 9.53 Å². The molecule has 0 aliphatic carbocycles. The van der Waals surface area contributed by atoms with Crippen molar-refractivity contribution in [2.24, 2.45) is 0 Å². The number of benzene rings is 1. The third kappa shape index (κ3) is 3.58. The van der Waals surface area contributed by atoms with Gasteiger partial charge in [-0.05, 0) is 0 Å². The Labute approximate surface area is 95.2 Å². The smallest absolute Gasteiger partial charge is 0.330 e.